The van der Waals surface area contributed by atoms with Crippen molar-refractivity contribution in [1.82, 2.24) is 0 Å². The van der Waals surface area contributed by atoms with E-state index in [4.69, 9.17) is 0 Å². The van der Waals surface area contributed by atoms with Gasteiger partial charge in [-0.3, -0.25) is 0 Å². The average Bonchev–Trinajstić information content (AvgIpc) is 0.918. The zero-order valence-corrected chi connectivity index (χ0v) is 3.91. The lowest BCUT2D eigenvalue weighted by Crippen LogP contribution is -1.65. The summed E-state index contributed by atoms with van der Waals surface area (Å²) in [4.78, 5) is 0. The van der Waals surface area contributed by atoms with Crippen molar-refractivity contribution in [3.63, 3.8) is 0 Å². The summed E-state index contributed by atoms with van der Waals surface area (Å²) in [5, 5.41) is 0. The third-order valence-corrected chi connectivity index (χ3v) is 0. The molecule has 4 heavy (non-hydrogen) atoms. The van der Waals surface area contributed by atoms with Crippen LogP contribution < -0.4 is 0 Å². The molecule has 0 rings (SSSR count). The van der Waals surface area contributed by atoms with Crippen molar-refractivity contribution < 1.29 is 4.57 Å². The van der Waals surface area contributed by atoms with Crippen LogP contribution in [0.15, 0.2) is 0 Å². The van der Waals surface area contributed by atoms with Crippen LogP contribution in [0.2, 0.25) is 0 Å². The fraction of sp³-hybridized carbons (Fsp3) is 0. The highest BCUT2D eigenvalue weighted by atomic mass is 28.1. The van der Waals surface area contributed by atoms with E-state index in [1.165, 1.54) is 0 Å². The number of rotatable bonds is 0. The summed E-state index contributed by atoms with van der Waals surface area (Å²) >= 11 is 0. The van der Waals surface area contributed by atoms with Gasteiger partial charge in [-0.05, 0) is 0 Å². The molecule has 0 atom stereocenters. The Balaban J connectivity index is 0. The van der Waals surface area contributed by atoms with Gasteiger partial charge >= 0.3 is 0 Å². The highest BCUT2D eigenvalue weighted by Crippen LogP contribution is 1.20. The fourth-order valence-electron chi connectivity index (χ4n) is 0. The van der Waals surface area contributed by atoms with Gasteiger partial charge in [0.15, 0.2) is 0 Å². The van der Waals surface area contributed by atoms with E-state index < -0.39 is 0 Å². The first-order valence-corrected chi connectivity index (χ1v) is 0.816. The normalized spacial score (nSPS) is 4.00. The van der Waals surface area contributed by atoms with E-state index in [1.807, 2.05) is 0 Å². The van der Waals surface area contributed by atoms with Gasteiger partial charge in [0, 0.05) is 11.0 Å². The van der Waals surface area contributed by atoms with Gasteiger partial charge in [0.1, 0.15) is 0 Å². The number of hydrogen-bond donors (Lipinski definition) is 0. The first kappa shape index (κ1) is 8.85. The molecule has 0 N–H and O–H groups in total. The van der Waals surface area contributed by atoms with Gasteiger partial charge in [-0.2, -0.15) is 0 Å². The SMILES string of the molecule is BOB.[Si]. The Hall–Kier alpha value is 0.307. The van der Waals surface area contributed by atoms with Crippen molar-refractivity contribution in [1.29, 1.82) is 0 Å². The zero-order chi connectivity index (χ0) is 2.71. The summed E-state index contributed by atoms with van der Waals surface area (Å²) in [6, 6.07) is 0. The molecule has 0 fully saturated rings. The summed E-state index contributed by atoms with van der Waals surface area (Å²) < 4.78 is 4.25. The van der Waals surface area contributed by atoms with Gasteiger partial charge in [0.2, 0.25) is 16.1 Å². The molecule has 0 aromatic rings. The van der Waals surface area contributed by atoms with Crippen molar-refractivity contribution in [2.24, 2.45) is 0 Å². The maximum absolute atomic E-state index is 4.25. The molecule has 0 aliphatic carbocycles. The standard InChI is InChI=1S/B2H4O.Si/c1-3-2;/h1-2H2;. The maximum atomic E-state index is 4.25. The largest absolute Gasteiger partial charge is 0.509 e. The smallest absolute Gasteiger partial charge is 0.237 e. The summed E-state index contributed by atoms with van der Waals surface area (Å²) in [5.74, 6) is 0. The van der Waals surface area contributed by atoms with E-state index in [-0.39, 0.29) is 11.0 Å². The molecule has 0 aliphatic rings. The van der Waals surface area contributed by atoms with Gasteiger partial charge in [0.25, 0.3) is 0 Å². The molecule has 0 saturated carbocycles. The average molecular weight is 69.7 g/mol. The Morgan fingerprint density at radius 2 is 1.25 bits per heavy atom. The van der Waals surface area contributed by atoms with Gasteiger partial charge in [-0.25, -0.2) is 0 Å². The predicted octanol–water partition coefficient (Wildman–Crippen LogP) is -2.28. The quantitative estimate of drug-likeness (QED) is 0.291. The lowest BCUT2D eigenvalue weighted by Gasteiger charge is -1.60. The highest BCUT2D eigenvalue weighted by Gasteiger charge is 1.33. The van der Waals surface area contributed by atoms with Crippen LogP contribution in [0.1, 0.15) is 0 Å². The van der Waals surface area contributed by atoms with Gasteiger partial charge in [-0.1, -0.05) is 0 Å². The van der Waals surface area contributed by atoms with Gasteiger partial charge < -0.3 is 4.57 Å². The van der Waals surface area contributed by atoms with Crippen LogP contribution in [0, 0.1) is 0 Å². The minimum Gasteiger partial charge on any atom is -0.509 e. The Kier molecular flexibility index (Phi) is 22.8. The van der Waals surface area contributed by atoms with Crippen molar-refractivity contribution in [2.75, 3.05) is 0 Å². The monoisotopic (exact) mass is 70.0 g/mol. The fourth-order valence-corrected chi connectivity index (χ4v) is 0. The van der Waals surface area contributed by atoms with E-state index in [0.29, 0.717) is 0 Å². The molecule has 0 spiro atoms. The molecule has 0 bridgehead atoms. The topological polar surface area (TPSA) is 9.23 Å². The third-order valence-electron chi connectivity index (χ3n) is 0. The molecule has 0 heterocycles. The van der Waals surface area contributed by atoms with E-state index in [2.05, 4.69) is 4.57 Å². The number of hydrogen-bond acceptors (Lipinski definition) is 1. The van der Waals surface area contributed by atoms with Crippen LogP contribution in [-0.2, 0) is 4.57 Å². The first-order chi connectivity index (χ1) is 1.41. The molecule has 4 radical (unpaired) electrons. The maximum Gasteiger partial charge on any atom is 0.237 e. The molecule has 1 nitrogen and oxygen atoms in total. The third kappa shape index (κ3) is 41.9. The molecule has 0 aromatic heterocycles. The van der Waals surface area contributed by atoms with Crippen LogP contribution in [-0.4, -0.2) is 27.1 Å². The van der Waals surface area contributed by atoms with Crippen LogP contribution in [0.4, 0.5) is 0 Å². The molecule has 4 heteroatoms. The van der Waals surface area contributed by atoms with E-state index in [9.17, 15) is 0 Å². The van der Waals surface area contributed by atoms with E-state index >= 15 is 0 Å². The molecule has 0 unspecified atom stereocenters. The van der Waals surface area contributed by atoms with Crippen molar-refractivity contribution in [2.45, 2.75) is 0 Å². The lowest BCUT2D eigenvalue weighted by atomic mass is 10.5. The molecular weight excluding hydrogens is 65.7 g/mol. The van der Waals surface area contributed by atoms with Crippen LogP contribution >= 0.6 is 0 Å². The zero-order valence-electron chi connectivity index (χ0n) is 2.91. The summed E-state index contributed by atoms with van der Waals surface area (Å²) in [6.07, 6.45) is 0. The molecule has 0 aliphatic heterocycles. The van der Waals surface area contributed by atoms with E-state index in [0.717, 1.165) is 0 Å². The molecule has 0 amide bonds. The van der Waals surface area contributed by atoms with Gasteiger partial charge in [-0.15, -0.1) is 0 Å². The lowest BCUT2D eigenvalue weighted by molar-refractivity contribution is 0.690. The molecular formula is H4B2OSi. The van der Waals surface area contributed by atoms with E-state index in [1.54, 1.807) is 16.1 Å². The first-order valence-electron chi connectivity index (χ1n) is 0.816. The van der Waals surface area contributed by atoms with Gasteiger partial charge in [0.05, 0.1) is 0 Å². The molecule has 0 saturated heterocycles. The summed E-state index contributed by atoms with van der Waals surface area (Å²) in [6.45, 7) is 0. The van der Waals surface area contributed by atoms with Crippen molar-refractivity contribution in [3.8, 4) is 0 Å². The highest BCUT2D eigenvalue weighted by molar-refractivity contribution is 6.15. The Bertz CT molecular complexity index is 6.00. The predicted molar refractivity (Wildman–Crippen MR) is 23.9 cm³/mol. The Labute approximate surface area is 32.6 Å². The second kappa shape index (κ2) is 10.3. The minimum atomic E-state index is 0. The second-order valence-electron chi connectivity index (χ2n) is 0.408. The Morgan fingerprint density at radius 3 is 1.25 bits per heavy atom. The van der Waals surface area contributed by atoms with Crippen LogP contribution in [0.3, 0.4) is 0 Å². The molecule has 0 aromatic carbocycles. The van der Waals surface area contributed by atoms with Crippen molar-refractivity contribution in [3.05, 3.63) is 0 Å². The second-order valence-corrected chi connectivity index (χ2v) is 0.408. The molecule has 20 valence electrons. The summed E-state index contributed by atoms with van der Waals surface area (Å²) in [5.41, 5.74) is 0. The summed E-state index contributed by atoms with van der Waals surface area (Å²) in [7, 11) is 3.25. The van der Waals surface area contributed by atoms with Crippen LogP contribution in [0.5, 0.6) is 0 Å². The minimum absolute atomic E-state index is 0. The van der Waals surface area contributed by atoms with Crippen molar-refractivity contribution >= 4 is 27.1 Å². The van der Waals surface area contributed by atoms with Crippen LogP contribution in [0.25, 0.3) is 0 Å². The Morgan fingerprint density at radius 1 is 1.25 bits per heavy atom.